The summed E-state index contributed by atoms with van der Waals surface area (Å²) in [6.07, 6.45) is 2.59. The fraction of sp³-hybridized carbons (Fsp3) is 0.290. The molecule has 1 aliphatic heterocycles. The van der Waals surface area contributed by atoms with Crippen molar-refractivity contribution in [3.8, 4) is 0 Å². The maximum atomic E-state index is 14.0. The summed E-state index contributed by atoms with van der Waals surface area (Å²) >= 11 is 0. The van der Waals surface area contributed by atoms with E-state index in [9.17, 15) is 19.7 Å². The molecule has 3 aromatic rings. The van der Waals surface area contributed by atoms with Crippen LogP contribution in [0, 0.1) is 16.0 Å². The molecule has 0 spiro atoms. The zero-order valence-electron chi connectivity index (χ0n) is 23.4. The summed E-state index contributed by atoms with van der Waals surface area (Å²) in [7, 11) is 3.19. The van der Waals surface area contributed by atoms with Crippen molar-refractivity contribution in [2.45, 2.75) is 32.4 Å². The monoisotopic (exact) mass is 556 g/mol. The van der Waals surface area contributed by atoms with Gasteiger partial charge in [-0.25, -0.2) is 4.79 Å². The molecule has 1 aromatic heterocycles. The molecule has 212 valence electrons. The minimum absolute atomic E-state index is 0.149. The van der Waals surface area contributed by atoms with Gasteiger partial charge >= 0.3 is 11.9 Å². The zero-order valence-corrected chi connectivity index (χ0v) is 23.4. The largest absolute Gasteiger partial charge is 0.468 e. The van der Waals surface area contributed by atoms with Crippen molar-refractivity contribution in [1.29, 1.82) is 0 Å². The lowest BCUT2D eigenvalue weighted by Crippen LogP contribution is -2.37. The van der Waals surface area contributed by atoms with Crippen LogP contribution in [0.5, 0.6) is 0 Å². The number of non-ortho nitro benzene ring substituents is 1. The summed E-state index contributed by atoms with van der Waals surface area (Å²) in [5.74, 6) is -3.13. The van der Waals surface area contributed by atoms with E-state index in [2.05, 4.69) is 9.98 Å². The van der Waals surface area contributed by atoms with Crippen LogP contribution in [-0.4, -0.2) is 53.2 Å². The first-order chi connectivity index (χ1) is 19.7. The van der Waals surface area contributed by atoms with Crippen LogP contribution in [0.25, 0.3) is 0 Å². The molecular weight excluding hydrogens is 524 g/mol. The lowest BCUT2D eigenvalue weighted by Gasteiger charge is -2.32. The molecule has 0 bridgehead atoms. The van der Waals surface area contributed by atoms with E-state index in [1.807, 2.05) is 42.3 Å². The van der Waals surface area contributed by atoms with Crippen LogP contribution in [0.15, 0.2) is 95.4 Å². The Morgan fingerprint density at radius 1 is 1.05 bits per heavy atom. The third-order valence-corrected chi connectivity index (χ3v) is 7.04. The number of methoxy groups -OCH3 is 1. The van der Waals surface area contributed by atoms with Gasteiger partial charge in [0.15, 0.2) is 0 Å². The highest BCUT2D eigenvalue weighted by molar-refractivity contribution is 6.07. The molecule has 0 amide bonds. The number of aromatic nitrogens is 1. The molecule has 41 heavy (non-hydrogen) atoms. The number of rotatable bonds is 10. The highest BCUT2D eigenvalue weighted by Gasteiger charge is 2.43. The average molecular weight is 557 g/mol. The molecule has 10 nitrogen and oxygen atoms in total. The van der Waals surface area contributed by atoms with Gasteiger partial charge in [-0.2, -0.15) is 0 Å². The minimum atomic E-state index is -0.964. The normalized spacial score (nSPS) is 17.5. The van der Waals surface area contributed by atoms with E-state index in [1.54, 1.807) is 44.4 Å². The van der Waals surface area contributed by atoms with E-state index < -0.39 is 34.8 Å². The Kier molecular flexibility index (Phi) is 9.36. The third kappa shape index (κ3) is 6.90. The van der Waals surface area contributed by atoms with Gasteiger partial charge in [0, 0.05) is 54.9 Å². The molecule has 4 rings (SSSR count). The Morgan fingerprint density at radius 3 is 2.41 bits per heavy atom. The van der Waals surface area contributed by atoms with Crippen LogP contribution in [0.4, 0.5) is 5.69 Å². The second-order valence-corrected chi connectivity index (χ2v) is 9.94. The van der Waals surface area contributed by atoms with Crippen LogP contribution < -0.4 is 0 Å². The number of ether oxygens (including phenoxy) is 2. The van der Waals surface area contributed by atoms with Crippen LogP contribution in [0.1, 0.15) is 42.6 Å². The number of benzene rings is 2. The highest BCUT2D eigenvalue weighted by atomic mass is 16.6. The topological polar surface area (TPSA) is 124 Å². The predicted octanol–water partition coefficient (Wildman–Crippen LogP) is 5.03. The molecule has 0 N–H and O–H groups in total. The molecule has 0 radical (unpaired) electrons. The van der Waals surface area contributed by atoms with E-state index in [0.717, 1.165) is 11.1 Å². The number of nitro benzene ring substituents is 1. The first-order valence-corrected chi connectivity index (χ1v) is 13.1. The molecule has 3 atom stereocenters. The summed E-state index contributed by atoms with van der Waals surface area (Å²) in [5.41, 5.74) is 3.07. The van der Waals surface area contributed by atoms with Crippen molar-refractivity contribution in [3.05, 3.63) is 117 Å². The van der Waals surface area contributed by atoms with Crippen molar-refractivity contribution >= 4 is 23.3 Å². The SMILES string of the molecule is COC(=O)C1C(C)=NC(C)=C(C(=O)OC(CN(C)Cc2ccccc2)c2ccncc2)C1c1cccc([N+](=O)[O-])c1. The average Bonchev–Trinajstić information content (AvgIpc) is 2.97. The summed E-state index contributed by atoms with van der Waals surface area (Å²) in [4.78, 5) is 48.7. The van der Waals surface area contributed by atoms with Gasteiger partial charge in [0.05, 0.1) is 17.6 Å². The fourth-order valence-corrected chi connectivity index (χ4v) is 5.15. The standard InChI is InChI=1S/C31H32N4O6/c1-20-27(30(36)40-4)29(24-11-8-12-25(17-24)35(38)39)28(21(2)33-20)31(37)41-26(23-13-15-32-16-14-23)19-34(3)18-22-9-6-5-7-10-22/h5-17,26-27,29H,18-19H2,1-4H3. The number of carbonyl (C=O) groups is 2. The quantitative estimate of drug-likeness (QED) is 0.194. The molecule has 3 unspecified atom stereocenters. The third-order valence-electron chi connectivity index (χ3n) is 7.04. The second-order valence-electron chi connectivity index (χ2n) is 9.94. The molecule has 2 heterocycles. The van der Waals surface area contributed by atoms with Gasteiger partial charge in [-0.05, 0) is 49.7 Å². The first kappa shape index (κ1) is 29.3. The summed E-state index contributed by atoms with van der Waals surface area (Å²) < 4.78 is 11.2. The smallest absolute Gasteiger partial charge is 0.337 e. The minimum Gasteiger partial charge on any atom is -0.468 e. The molecule has 10 heteroatoms. The van der Waals surface area contributed by atoms with E-state index in [0.29, 0.717) is 30.1 Å². The van der Waals surface area contributed by atoms with Gasteiger partial charge in [-0.15, -0.1) is 0 Å². The van der Waals surface area contributed by atoms with Crippen LogP contribution in [-0.2, 0) is 25.6 Å². The maximum Gasteiger partial charge on any atom is 0.337 e. The zero-order chi connectivity index (χ0) is 29.5. The first-order valence-electron chi connectivity index (χ1n) is 13.1. The number of esters is 2. The number of pyridine rings is 1. The predicted molar refractivity (Wildman–Crippen MR) is 153 cm³/mol. The molecule has 0 aliphatic carbocycles. The summed E-state index contributed by atoms with van der Waals surface area (Å²) in [5, 5.41) is 11.6. The molecule has 0 saturated carbocycles. The molecular formula is C31H32N4O6. The van der Waals surface area contributed by atoms with Crippen molar-refractivity contribution in [2.75, 3.05) is 20.7 Å². The lowest BCUT2D eigenvalue weighted by molar-refractivity contribution is -0.384. The van der Waals surface area contributed by atoms with E-state index in [1.165, 1.54) is 25.3 Å². The molecule has 0 fully saturated rings. The van der Waals surface area contributed by atoms with Gasteiger partial charge in [0.1, 0.15) is 12.0 Å². The Labute approximate surface area is 238 Å². The molecule has 1 aliphatic rings. The van der Waals surface area contributed by atoms with Crippen molar-refractivity contribution < 1.29 is 24.0 Å². The van der Waals surface area contributed by atoms with Gasteiger partial charge in [-0.3, -0.25) is 29.8 Å². The van der Waals surface area contributed by atoms with Crippen LogP contribution in [0.2, 0.25) is 0 Å². The van der Waals surface area contributed by atoms with Gasteiger partial charge in [0.25, 0.3) is 5.69 Å². The fourth-order valence-electron chi connectivity index (χ4n) is 5.15. The summed E-state index contributed by atoms with van der Waals surface area (Å²) in [6.45, 7) is 4.35. The number of aliphatic imine (C=N–C) groups is 1. The van der Waals surface area contributed by atoms with Crippen molar-refractivity contribution in [2.24, 2.45) is 10.9 Å². The number of hydrogen-bond acceptors (Lipinski definition) is 9. The van der Waals surface area contributed by atoms with Crippen LogP contribution in [0.3, 0.4) is 0 Å². The van der Waals surface area contributed by atoms with E-state index in [4.69, 9.17) is 9.47 Å². The number of nitrogens with zero attached hydrogens (tertiary/aromatic N) is 4. The van der Waals surface area contributed by atoms with Gasteiger partial charge in [-0.1, -0.05) is 42.5 Å². The number of hydrogen-bond donors (Lipinski definition) is 0. The number of carbonyl (C=O) groups excluding carboxylic acids is 2. The van der Waals surface area contributed by atoms with E-state index >= 15 is 0 Å². The van der Waals surface area contributed by atoms with Crippen molar-refractivity contribution in [1.82, 2.24) is 9.88 Å². The van der Waals surface area contributed by atoms with Gasteiger partial charge in [0.2, 0.25) is 0 Å². The Balaban J connectivity index is 1.71. The Morgan fingerprint density at radius 2 is 1.76 bits per heavy atom. The number of nitro groups is 1. The lowest BCUT2D eigenvalue weighted by atomic mass is 9.75. The summed E-state index contributed by atoms with van der Waals surface area (Å²) in [6, 6.07) is 19.4. The number of likely N-dealkylation sites (N-methyl/N-ethyl adjacent to an activating group) is 1. The highest BCUT2D eigenvalue weighted by Crippen LogP contribution is 2.41. The Bertz CT molecular complexity index is 1470. The van der Waals surface area contributed by atoms with Crippen molar-refractivity contribution in [3.63, 3.8) is 0 Å². The molecule has 0 saturated heterocycles. The van der Waals surface area contributed by atoms with E-state index in [-0.39, 0.29) is 11.3 Å². The molecule has 2 aromatic carbocycles. The maximum absolute atomic E-state index is 14.0. The number of allylic oxidation sites excluding steroid dienone is 1. The second kappa shape index (κ2) is 13.1. The van der Waals surface area contributed by atoms with Gasteiger partial charge < -0.3 is 9.47 Å². The van der Waals surface area contributed by atoms with Crippen LogP contribution >= 0.6 is 0 Å². The Hall–Kier alpha value is -4.70.